The van der Waals surface area contributed by atoms with Gasteiger partial charge in [0.15, 0.2) is 6.61 Å². The van der Waals surface area contributed by atoms with Gasteiger partial charge in [-0.3, -0.25) is 9.59 Å². The van der Waals surface area contributed by atoms with E-state index in [4.69, 9.17) is 27.9 Å². The maximum atomic E-state index is 12.1. The number of rotatable bonds is 8. The summed E-state index contributed by atoms with van der Waals surface area (Å²) in [6.45, 7) is 1.37. The first-order valence-corrected chi connectivity index (χ1v) is 9.47. The monoisotopic (exact) mass is 436 g/mol. The molecule has 0 spiro atoms. The second-order valence-corrected chi connectivity index (χ2v) is 7.26. The SMILES string of the molecule is CC(CC(=O)Nc1ccc(N(C)C)cc1)=NNC(=O)COc1ccc(Cl)cc1Cl. The molecule has 0 aliphatic carbocycles. The first-order valence-electron chi connectivity index (χ1n) is 8.71. The van der Waals surface area contributed by atoms with Crippen LogP contribution in [0.25, 0.3) is 0 Å². The van der Waals surface area contributed by atoms with Gasteiger partial charge in [0, 0.05) is 36.2 Å². The average molecular weight is 437 g/mol. The summed E-state index contributed by atoms with van der Waals surface area (Å²) in [6, 6.07) is 12.2. The highest BCUT2D eigenvalue weighted by atomic mass is 35.5. The normalized spacial score (nSPS) is 11.0. The van der Waals surface area contributed by atoms with Crippen LogP contribution in [0.3, 0.4) is 0 Å². The van der Waals surface area contributed by atoms with Crippen molar-refractivity contribution < 1.29 is 14.3 Å². The quantitative estimate of drug-likeness (QED) is 0.484. The summed E-state index contributed by atoms with van der Waals surface area (Å²) in [5.74, 6) is -0.371. The number of hydrogen-bond acceptors (Lipinski definition) is 5. The van der Waals surface area contributed by atoms with Crippen molar-refractivity contribution in [2.24, 2.45) is 5.10 Å². The Balaban J connectivity index is 1.78. The van der Waals surface area contributed by atoms with Crippen LogP contribution in [0.4, 0.5) is 11.4 Å². The van der Waals surface area contributed by atoms with E-state index < -0.39 is 5.91 Å². The predicted molar refractivity (Wildman–Crippen MR) is 117 cm³/mol. The Bertz CT molecular complexity index is 899. The number of halogens is 2. The van der Waals surface area contributed by atoms with Crippen LogP contribution in [0, 0.1) is 0 Å². The Labute approximate surface area is 179 Å². The van der Waals surface area contributed by atoms with Crippen molar-refractivity contribution in [3.05, 3.63) is 52.5 Å². The fourth-order valence-corrected chi connectivity index (χ4v) is 2.71. The number of carbonyl (C=O) groups is 2. The number of carbonyl (C=O) groups excluding carboxylic acids is 2. The minimum atomic E-state index is -0.477. The molecule has 2 N–H and O–H groups in total. The van der Waals surface area contributed by atoms with E-state index in [1.165, 1.54) is 6.07 Å². The van der Waals surface area contributed by atoms with Gasteiger partial charge in [-0.1, -0.05) is 23.2 Å². The fraction of sp³-hybridized carbons (Fsp3) is 0.250. The molecule has 0 radical (unpaired) electrons. The summed E-state index contributed by atoms with van der Waals surface area (Å²) in [7, 11) is 3.88. The molecule has 0 saturated heterocycles. The van der Waals surface area contributed by atoms with Crippen molar-refractivity contribution in [1.29, 1.82) is 0 Å². The van der Waals surface area contributed by atoms with Gasteiger partial charge in [0.05, 0.1) is 11.4 Å². The zero-order valence-electron chi connectivity index (χ0n) is 16.3. The van der Waals surface area contributed by atoms with Crippen molar-refractivity contribution in [2.75, 3.05) is 30.9 Å². The average Bonchev–Trinajstić information content (AvgIpc) is 2.66. The van der Waals surface area contributed by atoms with Gasteiger partial charge in [0.2, 0.25) is 5.91 Å². The molecule has 2 aromatic carbocycles. The van der Waals surface area contributed by atoms with Crippen molar-refractivity contribution in [3.8, 4) is 5.75 Å². The van der Waals surface area contributed by atoms with Crippen LogP contribution in [0.15, 0.2) is 47.6 Å². The van der Waals surface area contributed by atoms with E-state index in [0.29, 0.717) is 27.2 Å². The van der Waals surface area contributed by atoms with E-state index in [0.717, 1.165) is 5.69 Å². The molecule has 2 amide bonds. The van der Waals surface area contributed by atoms with Gasteiger partial charge in [-0.2, -0.15) is 5.10 Å². The minimum Gasteiger partial charge on any atom is -0.482 e. The predicted octanol–water partition coefficient (Wildman–Crippen LogP) is 3.96. The largest absolute Gasteiger partial charge is 0.482 e. The van der Waals surface area contributed by atoms with Gasteiger partial charge in [-0.15, -0.1) is 0 Å². The molecule has 0 saturated carbocycles. The first-order chi connectivity index (χ1) is 13.7. The number of nitrogens with one attached hydrogen (secondary N) is 2. The van der Waals surface area contributed by atoms with E-state index >= 15 is 0 Å². The van der Waals surface area contributed by atoms with Crippen molar-refractivity contribution >= 4 is 52.1 Å². The molecule has 7 nitrogen and oxygen atoms in total. The van der Waals surface area contributed by atoms with Crippen LogP contribution in [-0.4, -0.2) is 38.2 Å². The van der Waals surface area contributed by atoms with Crippen LogP contribution >= 0.6 is 23.2 Å². The lowest BCUT2D eigenvalue weighted by Gasteiger charge is -2.13. The van der Waals surface area contributed by atoms with Crippen LogP contribution in [-0.2, 0) is 9.59 Å². The molecule has 0 atom stereocenters. The second kappa shape index (κ2) is 10.7. The Hall–Kier alpha value is -2.77. The summed E-state index contributed by atoms with van der Waals surface area (Å²) >= 11 is 11.8. The molecule has 9 heteroatoms. The number of nitrogens with zero attached hydrogens (tertiary/aromatic N) is 2. The number of hydrazone groups is 1. The Morgan fingerprint density at radius 3 is 2.38 bits per heavy atom. The molecular weight excluding hydrogens is 415 g/mol. The van der Waals surface area contributed by atoms with E-state index in [2.05, 4.69) is 15.8 Å². The van der Waals surface area contributed by atoms with Gasteiger partial charge in [-0.25, -0.2) is 5.43 Å². The molecule has 0 fully saturated rings. The first kappa shape index (κ1) is 22.5. The van der Waals surface area contributed by atoms with Crippen molar-refractivity contribution in [3.63, 3.8) is 0 Å². The van der Waals surface area contributed by atoms with Gasteiger partial charge < -0.3 is 15.0 Å². The highest BCUT2D eigenvalue weighted by Crippen LogP contribution is 2.27. The third kappa shape index (κ3) is 7.63. The molecule has 0 bridgehead atoms. The molecule has 0 heterocycles. The van der Waals surface area contributed by atoms with Crippen LogP contribution < -0.4 is 20.4 Å². The summed E-state index contributed by atoms with van der Waals surface area (Å²) in [5.41, 5.74) is 4.51. The molecule has 0 aliphatic rings. The Morgan fingerprint density at radius 1 is 1.07 bits per heavy atom. The standard InChI is InChI=1S/C20H22Cl2N4O3/c1-13(10-19(27)23-15-5-7-16(8-6-15)26(2)3)24-25-20(28)12-29-18-9-4-14(21)11-17(18)22/h4-9,11H,10,12H2,1-3H3,(H,23,27)(H,25,28). The van der Waals surface area contributed by atoms with Gasteiger partial charge in [0.1, 0.15) is 5.75 Å². The number of ether oxygens (including phenoxy) is 1. The third-order valence-electron chi connectivity index (χ3n) is 3.71. The van der Waals surface area contributed by atoms with Gasteiger partial charge in [-0.05, 0) is 49.4 Å². The Kier molecular flexibility index (Phi) is 8.30. The molecule has 0 aromatic heterocycles. The smallest absolute Gasteiger partial charge is 0.277 e. The second-order valence-electron chi connectivity index (χ2n) is 6.41. The third-order valence-corrected chi connectivity index (χ3v) is 4.24. The maximum Gasteiger partial charge on any atom is 0.277 e. The zero-order chi connectivity index (χ0) is 21.4. The lowest BCUT2D eigenvalue weighted by atomic mass is 10.2. The van der Waals surface area contributed by atoms with Crippen LogP contribution in [0.1, 0.15) is 13.3 Å². The minimum absolute atomic E-state index is 0.0413. The molecule has 2 aromatic rings. The zero-order valence-corrected chi connectivity index (χ0v) is 17.8. The number of hydrogen-bond donors (Lipinski definition) is 2. The number of benzene rings is 2. The topological polar surface area (TPSA) is 83.0 Å². The highest BCUT2D eigenvalue weighted by Gasteiger charge is 2.08. The fourth-order valence-electron chi connectivity index (χ4n) is 2.25. The van der Waals surface area contributed by atoms with Crippen molar-refractivity contribution in [1.82, 2.24) is 5.43 Å². The summed E-state index contributed by atoms with van der Waals surface area (Å²) < 4.78 is 5.32. The molecule has 2 rings (SSSR count). The van der Waals surface area contributed by atoms with Gasteiger partial charge >= 0.3 is 0 Å². The van der Waals surface area contributed by atoms with E-state index in [9.17, 15) is 9.59 Å². The summed E-state index contributed by atoms with van der Waals surface area (Å²) in [4.78, 5) is 25.9. The number of anilines is 2. The number of amides is 2. The maximum absolute atomic E-state index is 12.1. The molecule has 0 aliphatic heterocycles. The van der Waals surface area contributed by atoms with Crippen LogP contribution in [0.5, 0.6) is 5.75 Å². The van der Waals surface area contributed by atoms with E-state index in [1.807, 2.05) is 43.3 Å². The lowest BCUT2D eigenvalue weighted by Crippen LogP contribution is -2.26. The van der Waals surface area contributed by atoms with E-state index in [1.54, 1.807) is 19.1 Å². The highest BCUT2D eigenvalue weighted by molar-refractivity contribution is 6.35. The lowest BCUT2D eigenvalue weighted by molar-refractivity contribution is -0.123. The summed E-state index contributed by atoms with van der Waals surface area (Å²) in [5, 5.41) is 7.47. The van der Waals surface area contributed by atoms with Crippen molar-refractivity contribution in [2.45, 2.75) is 13.3 Å². The van der Waals surface area contributed by atoms with E-state index in [-0.39, 0.29) is 18.9 Å². The molecular formula is C20H22Cl2N4O3. The van der Waals surface area contributed by atoms with Crippen LogP contribution in [0.2, 0.25) is 10.0 Å². The molecule has 154 valence electrons. The Morgan fingerprint density at radius 2 is 1.76 bits per heavy atom. The summed E-state index contributed by atoms with van der Waals surface area (Å²) in [6.07, 6.45) is 0.0413. The molecule has 29 heavy (non-hydrogen) atoms. The van der Waals surface area contributed by atoms with Gasteiger partial charge in [0.25, 0.3) is 5.91 Å². The molecule has 0 unspecified atom stereocenters.